The maximum Gasteiger partial charge on any atom is 0.189 e. The summed E-state index contributed by atoms with van der Waals surface area (Å²) in [5, 5.41) is 13.6. The quantitative estimate of drug-likeness (QED) is 0.695. The van der Waals surface area contributed by atoms with Gasteiger partial charge in [0.2, 0.25) is 0 Å². The van der Waals surface area contributed by atoms with Crippen LogP contribution >= 0.6 is 0 Å². The van der Waals surface area contributed by atoms with Gasteiger partial charge in [-0.3, -0.25) is 9.48 Å². The molecule has 0 aliphatic heterocycles. The fraction of sp³-hybridized carbons (Fsp3) is 0.600. The molecule has 1 rings (SSSR count). The second-order valence-corrected chi connectivity index (χ2v) is 4.49. The predicted molar refractivity (Wildman–Crippen MR) is 53.4 cm³/mol. The van der Waals surface area contributed by atoms with Crippen molar-refractivity contribution in [3.05, 3.63) is 11.4 Å². The Morgan fingerprint density at radius 2 is 1.93 bits per heavy atom. The highest BCUT2D eigenvalue weighted by molar-refractivity contribution is 6.00. The van der Waals surface area contributed by atoms with Crippen LogP contribution in [0.25, 0.3) is 0 Å². The zero-order chi connectivity index (χ0) is 11.1. The van der Waals surface area contributed by atoms with Crippen molar-refractivity contribution >= 4 is 5.78 Å². The predicted octanol–water partition coefficient (Wildman–Crippen LogP) is 1.66. The number of aromatic nitrogens is 2. The molecule has 1 heterocycles. The lowest BCUT2D eigenvalue weighted by Crippen LogP contribution is -2.22. The molecular weight excluding hydrogens is 180 g/mol. The standard InChI is InChI=1S/C10H16N2O2/c1-6-8(13)7(12(5)11-6)9(14)10(2,3)4/h13H,1-5H3. The van der Waals surface area contributed by atoms with Gasteiger partial charge in [-0.1, -0.05) is 20.8 Å². The lowest BCUT2D eigenvalue weighted by Gasteiger charge is -2.16. The summed E-state index contributed by atoms with van der Waals surface area (Å²) >= 11 is 0. The molecule has 1 N–H and O–H groups in total. The van der Waals surface area contributed by atoms with Gasteiger partial charge in [-0.15, -0.1) is 0 Å². The van der Waals surface area contributed by atoms with Crippen molar-refractivity contribution < 1.29 is 9.90 Å². The zero-order valence-corrected chi connectivity index (χ0v) is 9.25. The summed E-state index contributed by atoms with van der Waals surface area (Å²) in [4.78, 5) is 11.9. The molecule has 78 valence electrons. The van der Waals surface area contributed by atoms with Crippen LogP contribution < -0.4 is 0 Å². The molecule has 0 fully saturated rings. The van der Waals surface area contributed by atoms with E-state index in [9.17, 15) is 9.90 Å². The highest BCUT2D eigenvalue weighted by atomic mass is 16.3. The van der Waals surface area contributed by atoms with Crippen LogP contribution in [-0.2, 0) is 7.05 Å². The highest BCUT2D eigenvalue weighted by Gasteiger charge is 2.29. The monoisotopic (exact) mass is 196 g/mol. The van der Waals surface area contributed by atoms with Gasteiger partial charge >= 0.3 is 0 Å². The SMILES string of the molecule is Cc1nn(C)c(C(=O)C(C)(C)C)c1O. The average Bonchev–Trinajstić information content (AvgIpc) is 2.24. The average molecular weight is 196 g/mol. The summed E-state index contributed by atoms with van der Waals surface area (Å²) in [6.45, 7) is 7.13. The number of hydrogen-bond acceptors (Lipinski definition) is 3. The second-order valence-electron chi connectivity index (χ2n) is 4.49. The van der Waals surface area contributed by atoms with E-state index in [0.717, 1.165) is 0 Å². The molecule has 0 saturated carbocycles. The lowest BCUT2D eigenvalue weighted by molar-refractivity contribution is 0.0845. The van der Waals surface area contributed by atoms with Gasteiger partial charge in [0.25, 0.3) is 0 Å². The van der Waals surface area contributed by atoms with Crippen molar-refractivity contribution in [2.24, 2.45) is 12.5 Å². The Kier molecular flexibility index (Phi) is 2.39. The fourth-order valence-corrected chi connectivity index (χ4v) is 1.26. The Morgan fingerprint density at radius 3 is 2.21 bits per heavy atom. The van der Waals surface area contributed by atoms with E-state index < -0.39 is 5.41 Å². The first-order valence-electron chi connectivity index (χ1n) is 4.52. The molecule has 1 aromatic heterocycles. The molecule has 0 unspecified atom stereocenters. The van der Waals surface area contributed by atoms with E-state index in [4.69, 9.17) is 0 Å². The van der Waals surface area contributed by atoms with Crippen molar-refractivity contribution in [3.8, 4) is 5.75 Å². The minimum absolute atomic E-state index is 0.00701. The van der Waals surface area contributed by atoms with Gasteiger partial charge in [-0.05, 0) is 6.92 Å². The molecule has 0 bridgehead atoms. The van der Waals surface area contributed by atoms with Gasteiger partial charge in [0.1, 0.15) is 11.4 Å². The third-order valence-corrected chi connectivity index (χ3v) is 2.09. The molecule has 0 saturated heterocycles. The van der Waals surface area contributed by atoms with E-state index >= 15 is 0 Å². The molecule has 0 aromatic carbocycles. The largest absolute Gasteiger partial charge is 0.504 e. The number of Topliss-reactive ketones (excluding diaryl/α,β-unsaturated/α-hetero) is 1. The van der Waals surface area contributed by atoms with Crippen molar-refractivity contribution in [3.63, 3.8) is 0 Å². The molecule has 14 heavy (non-hydrogen) atoms. The van der Waals surface area contributed by atoms with Crippen molar-refractivity contribution in [1.29, 1.82) is 0 Å². The summed E-state index contributed by atoms with van der Waals surface area (Å²) in [7, 11) is 1.66. The first-order valence-corrected chi connectivity index (χ1v) is 4.52. The normalized spacial score (nSPS) is 11.8. The molecular formula is C10H16N2O2. The summed E-state index contributed by atoms with van der Waals surface area (Å²) in [6.07, 6.45) is 0. The fourth-order valence-electron chi connectivity index (χ4n) is 1.26. The van der Waals surface area contributed by atoms with Crippen LogP contribution in [0.15, 0.2) is 0 Å². The first kappa shape index (κ1) is 10.8. The van der Waals surface area contributed by atoms with Gasteiger partial charge in [0, 0.05) is 12.5 Å². The Labute approximate surface area is 83.5 Å². The number of aryl methyl sites for hydroxylation is 2. The van der Waals surface area contributed by atoms with E-state index in [1.807, 2.05) is 20.8 Å². The van der Waals surface area contributed by atoms with E-state index in [2.05, 4.69) is 5.10 Å². The maximum absolute atomic E-state index is 11.9. The first-order chi connectivity index (χ1) is 6.25. The number of rotatable bonds is 1. The number of carbonyl (C=O) groups is 1. The maximum atomic E-state index is 11.9. The number of nitrogens with zero attached hydrogens (tertiary/aromatic N) is 2. The van der Waals surface area contributed by atoms with Crippen LogP contribution in [0.1, 0.15) is 37.0 Å². The third-order valence-electron chi connectivity index (χ3n) is 2.09. The number of carbonyl (C=O) groups excluding carboxylic acids is 1. The molecule has 0 atom stereocenters. The summed E-state index contributed by atoms with van der Waals surface area (Å²) in [6, 6.07) is 0. The molecule has 0 aliphatic carbocycles. The van der Waals surface area contributed by atoms with Gasteiger partial charge in [0.15, 0.2) is 11.5 Å². The number of hydrogen-bond donors (Lipinski definition) is 1. The molecule has 0 amide bonds. The third kappa shape index (κ3) is 1.64. The van der Waals surface area contributed by atoms with Crippen LogP contribution in [-0.4, -0.2) is 20.7 Å². The van der Waals surface area contributed by atoms with Gasteiger partial charge in [0.05, 0.1) is 0 Å². The van der Waals surface area contributed by atoms with Crippen LogP contribution in [0.5, 0.6) is 5.75 Å². The Balaban J connectivity index is 3.27. The van der Waals surface area contributed by atoms with Gasteiger partial charge in [-0.2, -0.15) is 5.10 Å². The topological polar surface area (TPSA) is 55.1 Å². The summed E-state index contributed by atoms with van der Waals surface area (Å²) in [5.41, 5.74) is 0.271. The molecule has 0 aliphatic rings. The van der Waals surface area contributed by atoms with Crippen LogP contribution in [0.2, 0.25) is 0 Å². The number of ketones is 1. The van der Waals surface area contributed by atoms with E-state index in [-0.39, 0.29) is 17.2 Å². The van der Waals surface area contributed by atoms with Crippen LogP contribution in [0.4, 0.5) is 0 Å². The minimum atomic E-state index is -0.502. The minimum Gasteiger partial charge on any atom is -0.504 e. The Morgan fingerprint density at radius 1 is 1.43 bits per heavy atom. The smallest absolute Gasteiger partial charge is 0.189 e. The molecule has 0 radical (unpaired) electrons. The van der Waals surface area contributed by atoms with Crippen molar-refractivity contribution in [2.45, 2.75) is 27.7 Å². The van der Waals surface area contributed by atoms with Crippen LogP contribution in [0.3, 0.4) is 0 Å². The van der Waals surface area contributed by atoms with E-state index in [0.29, 0.717) is 5.69 Å². The highest BCUT2D eigenvalue weighted by Crippen LogP contribution is 2.28. The summed E-state index contributed by atoms with van der Waals surface area (Å²) in [5.74, 6) is -0.106. The lowest BCUT2D eigenvalue weighted by atomic mass is 9.88. The molecule has 4 nitrogen and oxygen atoms in total. The zero-order valence-electron chi connectivity index (χ0n) is 9.25. The van der Waals surface area contributed by atoms with Gasteiger partial charge < -0.3 is 5.11 Å². The Bertz CT molecular complexity index is 372. The molecule has 4 heteroatoms. The Hall–Kier alpha value is -1.32. The molecule has 0 spiro atoms. The van der Waals surface area contributed by atoms with Crippen molar-refractivity contribution in [2.75, 3.05) is 0 Å². The second kappa shape index (κ2) is 3.12. The van der Waals surface area contributed by atoms with Crippen molar-refractivity contribution in [1.82, 2.24) is 9.78 Å². The van der Waals surface area contributed by atoms with E-state index in [1.54, 1.807) is 14.0 Å². The summed E-state index contributed by atoms with van der Waals surface area (Å²) < 4.78 is 1.43. The number of aromatic hydroxyl groups is 1. The van der Waals surface area contributed by atoms with Gasteiger partial charge in [-0.25, -0.2) is 0 Å². The molecule has 1 aromatic rings. The van der Waals surface area contributed by atoms with E-state index in [1.165, 1.54) is 4.68 Å². The van der Waals surface area contributed by atoms with Crippen LogP contribution in [0, 0.1) is 12.3 Å².